The van der Waals surface area contributed by atoms with Gasteiger partial charge in [-0.3, -0.25) is 9.59 Å². The van der Waals surface area contributed by atoms with Gasteiger partial charge in [0.2, 0.25) is 0 Å². The molecule has 0 aliphatic carbocycles. The zero-order valence-corrected chi connectivity index (χ0v) is 18.5. The maximum absolute atomic E-state index is 13.1. The Morgan fingerprint density at radius 2 is 1.67 bits per heavy atom. The van der Waals surface area contributed by atoms with Crippen molar-refractivity contribution >= 4 is 17.7 Å². The first-order chi connectivity index (χ1) is 16.0. The van der Waals surface area contributed by atoms with Crippen LogP contribution in [-0.2, 0) is 6.54 Å². The molecular weight excluding hydrogens is 441 g/mol. The standard InChI is InChI=1S/C25H20FN3O3S/c1-32-21-10-2-17(3-11-21)16-27-25(31)18-4-8-20(9-5-18)29-24(30)15-14-23(28-29)33-22-12-6-19(26)7-13-22/h2-15H,16H2,1H3,(H,27,31). The molecule has 1 aromatic heterocycles. The second-order valence-corrected chi connectivity index (χ2v) is 8.15. The van der Waals surface area contributed by atoms with E-state index in [2.05, 4.69) is 10.4 Å². The SMILES string of the molecule is COc1ccc(CNC(=O)c2ccc(-n3nc(Sc4ccc(F)cc4)ccc3=O)cc2)cc1. The van der Waals surface area contributed by atoms with Crippen LogP contribution in [0, 0.1) is 5.82 Å². The third-order valence-corrected chi connectivity index (χ3v) is 5.73. The highest BCUT2D eigenvalue weighted by Crippen LogP contribution is 2.25. The number of amides is 1. The van der Waals surface area contributed by atoms with Gasteiger partial charge in [0.15, 0.2) is 0 Å². The number of nitrogens with one attached hydrogen (secondary N) is 1. The van der Waals surface area contributed by atoms with Crippen LogP contribution in [0.1, 0.15) is 15.9 Å². The van der Waals surface area contributed by atoms with E-state index in [1.807, 2.05) is 24.3 Å². The minimum Gasteiger partial charge on any atom is -0.497 e. The van der Waals surface area contributed by atoms with E-state index >= 15 is 0 Å². The third-order valence-electron chi connectivity index (χ3n) is 4.80. The summed E-state index contributed by atoms with van der Waals surface area (Å²) < 4.78 is 19.5. The van der Waals surface area contributed by atoms with E-state index in [1.165, 1.54) is 34.6 Å². The first-order valence-corrected chi connectivity index (χ1v) is 10.9. The molecule has 6 nitrogen and oxygen atoms in total. The Balaban J connectivity index is 1.45. The lowest BCUT2D eigenvalue weighted by Gasteiger charge is -2.09. The van der Waals surface area contributed by atoms with Crippen LogP contribution in [-0.4, -0.2) is 22.8 Å². The number of rotatable bonds is 7. The van der Waals surface area contributed by atoms with Gasteiger partial charge < -0.3 is 10.1 Å². The summed E-state index contributed by atoms with van der Waals surface area (Å²) in [5, 5.41) is 7.84. The van der Waals surface area contributed by atoms with E-state index in [0.29, 0.717) is 22.8 Å². The van der Waals surface area contributed by atoms with Crippen LogP contribution in [0.4, 0.5) is 4.39 Å². The molecule has 0 unspecified atom stereocenters. The first kappa shape index (κ1) is 22.3. The van der Waals surface area contributed by atoms with E-state index in [1.54, 1.807) is 49.6 Å². The van der Waals surface area contributed by atoms with Crippen molar-refractivity contribution in [3.8, 4) is 11.4 Å². The summed E-state index contributed by atoms with van der Waals surface area (Å²) in [6.45, 7) is 0.383. The molecule has 0 saturated heterocycles. The van der Waals surface area contributed by atoms with Crippen molar-refractivity contribution in [2.45, 2.75) is 16.5 Å². The van der Waals surface area contributed by atoms with Crippen molar-refractivity contribution in [2.24, 2.45) is 0 Å². The van der Waals surface area contributed by atoms with Gasteiger partial charge in [-0.25, -0.2) is 4.39 Å². The maximum Gasteiger partial charge on any atom is 0.271 e. The lowest BCUT2D eigenvalue weighted by molar-refractivity contribution is 0.0951. The Kier molecular flexibility index (Phi) is 6.85. The Labute approximate surface area is 194 Å². The molecule has 0 aliphatic rings. The quantitative estimate of drug-likeness (QED) is 0.440. The topological polar surface area (TPSA) is 73.2 Å². The van der Waals surface area contributed by atoms with Gasteiger partial charge in [0.05, 0.1) is 12.8 Å². The van der Waals surface area contributed by atoms with Crippen LogP contribution in [0.25, 0.3) is 5.69 Å². The monoisotopic (exact) mass is 461 g/mol. The van der Waals surface area contributed by atoms with Crippen molar-refractivity contribution in [1.29, 1.82) is 0 Å². The molecule has 1 amide bonds. The zero-order chi connectivity index (χ0) is 23.2. The van der Waals surface area contributed by atoms with Crippen molar-refractivity contribution in [3.63, 3.8) is 0 Å². The summed E-state index contributed by atoms with van der Waals surface area (Å²) in [5.41, 5.74) is 1.66. The van der Waals surface area contributed by atoms with Crippen LogP contribution in [0.15, 0.2) is 99.6 Å². The van der Waals surface area contributed by atoms with Crippen LogP contribution < -0.4 is 15.6 Å². The van der Waals surface area contributed by atoms with E-state index in [0.717, 1.165) is 16.2 Å². The predicted molar refractivity (Wildman–Crippen MR) is 125 cm³/mol. The van der Waals surface area contributed by atoms with Gasteiger partial charge in [-0.05, 0) is 72.3 Å². The summed E-state index contributed by atoms with van der Waals surface area (Å²) in [4.78, 5) is 25.6. The van der Waals surface area contributed by atoms with Crippen molar-refractivity contribution < 1.29 is 13.9 Å². The van der Waals surface area contributed by atoms with Crippen LogP contribution >= 0.6 is 11.8 Å². The third kappa shape index (κ3) is 5.67. The molecule has 4 aromatic rings. The Bertz CT molecular complexity index is 1300. The normalized spacial score (nSPS) is 10.6. The second kappa shape index (κ2) is 10.1. The average molecular weight is 462 g/mol. The highest BCUT2D eigenvalue weighted by molar-refractivity contribution is 7.99. The van der Waals surface area contributed by atoms with Gasteiger partial charge in [-0.15, -0.1) is 0 Å². The van der Waals surface area contributed by atoms with Gasteiger partial charge in [0, 0.05) is 23.1 Å². The minimum absolute atomic E-state index is 0.224. The molecule has 3 aromatic carbocycles. The first-order valence-electron chi connectivity index (χ1n) is 10.1. The number of halogens is 1. The molecule has 0 saturated carbocycles. The Morgan fingerprint density at radius 3 is 2.33 bits per heavy atom. The van der Waals surface area contributed by atoms with Crippen molar-refractivity contribution in [1.82, 2.24) is 15.1 Å². The molecule has 33 heavy (non-hydrogen) atoms. The van der Waals surface area contributed by atoms with E-state index in [-0.39, 0.29) is 17.3 Å². The number of carbonyl (C=O) groups excluding carboxylic acids is 1. The molecule has 1 N–H and O–H groups in total. The smallest absolute Gasteiger partial charge is 0.271 e. The zero-order valence-electron chi connectivity index (χ0n) is 17.7. The summed E-state index contributed by atoms with van der Waals surface area (Å²) in [6, 6.07) is 23.2. The molecule has 0 bridgehead atoms. The molecule has 0 aliphatic heterocycles. The lowest BCUT2D eigenvalue weighted by atomic mass is 10.1. The van der Waals surface area contributed by atoms with Crippen molar-refractivity contribution in [3.05, 3.63) is 112 Å². The largest absolute Gasteiger partial charge is 0.497 e. The van der Waals surface area contributed by atoms with Gasteiger partial charge in [0.25, 0.3) is 11.5 Å². The molecule has 1 heterocycles. The second-order valence-electron chi connectivity index (χ2n) is 7.06. The average Bonchev–Trinajstić information content (AvgIpc) is 2.85. The molecule has 4 rings (SSSR count). The molecule has 0 atom stereocenters. The molecular formula is C25H20FN3O3S. The summed E-state index contributed by atoms with van der Waals surface area (Å²) in [6.07, 6.45) is 0. The number of benzene rings is 3. The number of aromatic nitrogens is 2. The highest BCUT2D eigenvalue weighted by Gasteiger charge is 2.09. The van der Waals surface area contributed by atoms with Gasteiger partial charge in [0.1, 0.15) is 16.6 Å². The fourth-order valence-electron chi connectivity index (χ4n) is 3.04. The minimum atomic E-state index is -0.314. The molecule has 8 heteroatoms. The van der Waals surface area contributed by atoms with Crippen LogP contribution in [0.5, 0.6) is 5.75 Å². The number of ether oxygens (including phenoxy) is 1. The van der Waals surface area contributed by atoms with Crippen LogP contribution in [0.2, 0.25) is 0 Å². The number of nitrogens with zero attached hydrogens (tertiary/aromatic N) is 2. The van der Waals surface area contributed by atoms with Gasteiger partial charge in [-0.2, -0.15) is 9.78 Å². The maximum atomic E-state index is 13.1. The summed E-state index contributed by atoms with van der Waals surface area (Å²) >= 11 is 1.32. The van der Waals surface area contributed by atoms with Crippen LogP contribution in [0.3, 0.4) is 0 Å². The van der Waals surface area contributed by atoms with Crippen molar-refractivity contribution in [2.75, 3.05) is 7.11 Å². The highest BCUT2D eigenvalue weighted by atomic mass is 32.2. The number of hydrogen-bond acceptors (Lipinski definition) is 5. The molecule has 166 valence electrons. The molecule has 0 spiro atoms. The van der Waals surface area contributed by atoms with Gasteiger partial charge in [-0.1, -0.05) is 23.9 Å². The summed E-state index contributed by atoms with van der Waals surface area (Å²) in [5.74, 6) is 0.216. The van der Waals surface area contributed by atoms with E-state index < -0.39 is 0 Å². The predicted octanol–water partition coefficient (Wildman–Crippen LogP) is 4.46. The fourth-order valence-corrected chi connectivity index (χ4v) is 3.81. The fraction of sp³-hybridized carbons (Fsp3) is 0.0800. The Hall–Kier alpha value is -3.91. The number of carbonyl (C=O) groups is 1. The lowest BCUT2D eigenvalue weighted by Crippen LogP contribution is -2.23. The number of hydrogen-bond donors (Lipinski definition) is 1. The summed E-state index contributed by atoms with van der Waals surface area (Å²) in [7, 11) is 1.60. The number of methoxy groups -OCH3 is 1. The van der Waals surface area contributed by atoms with E-state index in [9.17, 15) is 14.0 Å². The van der Waals surface area contributed by atoms with E-state index in [4.69, 9.17) is 4.74 Å². The molecule has 0 radical (unpaired) electrons. The Morgan fingerprint density at radius 1 is 0.970 bits per heavy atom. The molecule has 0 fully saturated rings. The van der Waals surface area contributed by atoms with Gasteiger partial charge >= 0.3 is 0 Å².